The van der Waals surface area contributed by atoms with E-state index in [1.807, 2.05) is 52.0 Å². The van der Waals surface area contributed by atoms with E-state index in [2.05, 4.69) is 26.1 Å². The maximum atomic E-state index is 12.3. The molecule has 1 heterocycles. The molecule has 25 heavy (non-hydrogen) atoms. The number of hydrogen-bond donors (Lipinski definition) is 1. The molecule has 0 spiro atoms. The lowest BCUT2D eigenvalue weighted by molar-refractivity contribution is -0.118. The van der Waals surface area contributed by atoms with Crippen LogP contribution in [0.4, 0.5) is 10.5 Å². The number of ether oxygens (including phenoxy) is 1. The van der Waals surface area contributed by atoms with Crippen molar-refractivity contribution in [2.45, 2.75) is 39.3 Å². The molecule has 2 rings (SSSR count). The monoisotopic (exact) mass is 411 g/mol. The van der Waals surface area contributed by atoms with Gasteiger partial charge in [-0.05, 0) is 55.8 Å². The van der Waals surface area contributed by atoms with Gasteiger partial charge in [-0.3, -0.25) is 9.69 Å². The van der Waals surface area contributed by atoms with E-state index in [-0.39, 0.29) is 18.0 Å². The van der Waals surface area contributed by atoms with Gasteiger partial charge in [-0.2, -0.15) is 0 Å². The van der Waals surface area contributed by atoms with Crippen molar-refractivity contribution in [1.29, 1.82) is 0 Å². The zero-order valence-corrected chi connectivity index (χ0v) is 16.8. The Labute approximate surface area is 157 Å². The number of anilines is 1. The van der Waals surface area contributed by atoms with Crippen LogP contribution in [-0.2, 0) is 9.53 Å². The molecule has 0 radical (unpaired) electrons. The summed E-state index contributed by atoms with van der Waals surface area (Å²) < 4.78 is 6.27. The molecule has 0 unspecified atom stereocenters. The first-order valence-corrected chi connectivity index (χ1v) is 9.21. The third-order valence-electron chi connectivity index (χ3n) is 3.91. The quantitative estimate of drug-likeness (QED) is 0.828. The van der Waals surface area contributed by atoms with Gasteiger partial charge in [0, 0.05) is 30.1 Å². The first kappa shape index (κ1) is 19.7. The minimum absolute atomic E-state index is 0.0653. The SMILES string of the molecule is C[C@H]1CN(C(=O)OC(C)(C)C)CCN1CC(=O)Nc1ccccc1Br. The van der Waals surface area contributed by atoms with Crippen molar-refractivity contribution in [2.75, 3.05) is 31.5 Å². The highest BCUT2D eigenvalue weighted by molar-refractivity contribution is 9.10. The molecular weight excluding hydrogens is 386 g/mol. The molecule has 1 N–H and O–H groups in total. The van der Waals surface area contributed by atoms with Crippen LogP contribution in [0.3, 0.4) is 0 Å². The maximum Gasteiger partial charge on any atom is 0.410 e. The summed E-state index contributed by atoms with van der Waals surface area (Å²) in [6, 6.07) is 7.61. The van der Waals surface area contributed by atoms with Crippen LogP contribution < -0.4 is 5.32 Å². The molecule has 1 aliphatic rings. The summed E-state index contributed by atoms with van der Waals surface area (Å²) in [5.74, 6) is -0.0653. The Hall–Kier alpha value is -1.60. The number of piperazine rings is 1. The van der Waals surface area contributed by atoms with Crippen molar-refractivity contribution < 1.29 is 14.3 Å². The topological polar surface area (TPSA) is 61.9 Å². The lowest BCUT2D eigenvalue weighted by Gasteiger charge is -2.39. The second-order valence-corrected chi connectivity index (χ2v) is 8.13. The van der Waals surface area contributed by atoms with Gasteiger partial charge in [-0.25, -0.2) is 4.79 Å². The summed E-state index contributed by atoms with van der Waals surface area (Å²) >= 11 is 3.42. The average molecular weight is 412 g/mol. The number of rotatable bonds is 3. The summed E-state index contributed by atoms with van der Waals surface area (Å²) in [5, 5.41) is 2.91. The number of halogens is 1. The van der Waals surface area contributed by atoms with Crippen LogP contribution in [-0.4, -0.2) is 59.6 Å². The highest BCUT2D eigenvalue weighted by Gasteiger charge is 2.30. The minimum Gasteiger partial charge on any atom is -0.444 e. The molecule has 0 aliphatic carbocycles. The van der Waals surface area contributed by atoms with E-state index >= 15 is 0 Å². The number of amides is 2. The number of nitrogens with zero attached hydrogens (tertiary/aromatic N) is 2. The van der Waals surface area contributed by atoms with E-state index in [9.17, 15) is 9.59 Å². The molecule has 1 aromatic carbocycles. The number of nitrogens with one attached hydrogen (secondary N) is 1. The first-order valence-electron chi connectivity index (χ1n) is 8.42. The molecular formula is C18H26BrN3O3. The first-order chi connectivity index (χ1) is 11.7. The fourth-order valence-electron chi connectivity index (χ4n) is 2.66. The molecule has 1 aliphatic heterocycles. The third-order valence-corrected chi connectivity index (χ3v) is 4.60. The molecule has 6 nitrogen and oxygen atoms in total. The predicted molar refractivity (Wildman–Crippen MR) is 102 cm³/mol. The Kier molecular flexibility index (Phi) is 6.46. The lowest BCUT2D eigenvalue weighted by atomic mass is 10.2. The van der Waals surface area contributed by atoms with E-state index in [4.69, 9.17) is 4.74 Å². The van der Waals surface area contributed by atoms with Crippen LogP contribution in [0.2, 0.25) is 0 Å². The molecule has 7 heteroatoms. The molecule has 2 amide bonds. The standard InChI is InChI=1S/C18H26BrN3O3/c1-13-11-22(17(24)25-18(2,3)4)10-9-21(13)12-16(23)20-15-8-6-5-7-14(15)19/h5-8,13H,9-12H2,1-4H3,(H,20,23)/t13-/m0/s1. The second kappa shape index (κ2) is 8.19. The second-order valence-electron chi connectivity index (χ2n) is 7.27. The fraction of sp³-hybridized carbons (Fsp3) is 0.556. The molecule has 0 bridgehead atoms. The third kappa shape index (κ3) is 6.01. The fourth-order valence-corrected chi connectivity index (χ4v) is 3.04. The van der Waals surface area contributed by atoms with E-state index in [0.29, 0.717) is 26.2 Å². The molecule has 138 valence electrons. The Balaban J connectivity index is 1.86. The van der Waals surface area contributed by atoms with Crippen LogP contribution in [0.5, 0.6) is 0 Å². The molecule has 0 aromatic heterocycles. The number of carbonyl (C=O) groups excluding carboxylic acids is 2. The number of carbonyl (C=O) groups is 2. The van der Waals surface area contributed by atoms with Crippen molar-refractivity contribution >= 4 is 33.6 Å². The maximum absolute atomic E-state index is 12.3. The predicted octanol–water partition coefficient (Wildman–Crippen LogP) is 3.33. The summed E-state index contributed by atoms with van der Waals surface area (Å²) in [5.41, 5.74) is 0.257. The van der Waals surface area contributed by atoms with Gasteiger partial charge in [0.1, 0.15) is 5.60 Å². The van der Waals surface area contributed by atoms with Gasteiger partial charge in [0.25, 0.3) is 0 Å². The van der Waals surface area contributed by atoms with E-state index in [1.165, 1.54) is 0 Å². The van der Waals surface area contributed by atoms with Crippen LogP contribution in [0.25, 0.3) is 0 Å². The summed E-state index contributed by atoms with van der Waals surface area (Å²) in [4.78, 5) is 28.3. The Morgan fingerprint density at radius 3 is 2.56 bits per heavy atom. The van der Waals surface area contributed by atoms with Crippen LogP contribution in [0.15, 0.2) is 28.7 Å². The summed E-state index contributed by atoms with van der Waals surface area (Å²) in [6.07, 6.45) is -0.295. The normalized spacial score (nSPS) is 18.8. The highest BCUT2D eigenvalue weighted by atomic mass is 79.9. The summed E-state index contributed by atoms with van der Waals surface area (Å²) in [7, 11) is 0. The van der Waals surface area contributed by atoms with E-state index in [0.717, 1.165) is 10.2 Å². The van der Waals surface area contributed by atoms with Crippen molar-refractivity contribution in [3.63, 3.8) is 0 Å². The molecule has 1 aromatic rings. The zero-order valence-electron chi connectivity index (χ0n) is 15.2. The summed E-state index contributed by atoms with van der Waals surface area (Å²) in [6.45, 7) is 9.64. The molecule has 1 atom stereocenters. The van der Waals surface area contributed by atoms with Gasteiger partial charge >= 0.3 is 6.09 Å². The highest BCUT2D eigenvalue weighted by Crippen LogP contribution is 2.21. The number of hydrogen-bond acceptors (Lipinski definition) is 4. The van der Waals surface area contributed by atoms with Gasteiger partial charge in [0.05, 0.1) is 12.2 Å². The van der Waals surface area contributed by atoms with Crippen LogP contribution in [0.1, 0.15) is 27.7 Å². The molecule has 1 fully saturated rings. The smallest absolute Gasteiger partial charge is 0.410 e. The van der Waals surface area contributed by atoms with Crippen molar-refractivity contribution in [2.24, 2.45) is 0 Å². The molecule has 0 saturated carbocycles. The van der Waals surface area contributed by atoms with Gasteiger partial charge in [0.15, 0.2) is 0 Å². The number of para-hydroxylation sites is 1. The Morgan fingerprint density at radius 1 is 1.28 bits per heavy atom. The average Bonchev–Trinajstić information content (AvgIpc) is 2.50. The minimum atomic E-state index is -0.500. The van der Waals surface area contributed by atoms with Gasteiger partial charge in [-0.1, -0.05) is 12.1 Å². The zero-order chi connectivity index (χ0) is 18.6. The van der Waals surface area contributed by atoms with E-state index < -0.39 is 5.60 Å². The van der Waals surface area contributed by atoms with Crippen molar-refractivity contribution in [3.8, 4) is 0 Å². The van der Waals surface area contributed by atoms with Gasteiger partial charge < -0.3 is 15.0 Å². The largest absolute Gasteiger partial charge is 0.444 e. The van der Waals surface area contributed by atoms with E-state index in [1.54, 1.807) is 4.90 Å². The Bertz CT molecular complexity index is 630. The van der Waals surface area contributed by atoms with Gasteiger partial charge in [-0.15, -0.1) is 0 Å². The van der Waals surface area contributed by atoms with Gasteiger partial charge in [0.2, 0.25) is 5.91 Å². The molecule has 1 saturated heterocycles. The van der Waals surface area contributed by atoms with Crippen LogP contribution in [0, 0.1) is 0 Å². The Morgan fingerprint density at radius 2 is 1.96 bits per heavy atom. The van der Waals surface area contributed by atoms with Crippen LogP contribution >= 0.6 is 15.9 Å². The van der Waals surface area contributed by atoms with Crippen molar-refractivity contribution in [3.05, 3.63) is 28.7 Å². The number of benzene rings is 1. The lowest BCUT2D eigenvalue weighted by Crippen LogP contribution is -2.55. The van der Waals surface area contributed by atoms with Crippen molar-refractivity contribution in [1.82, 2.24) is 9.80 Å².